The number of fused-ring (bicyclic) bond motifs is 1. The van der Waals surface area contributed by atoms with Gasteiger partial charge in [0, 0.05) is 11.0 Å². The highest BCUT2D eigenvalue weighted by molar-refractivity contribution is 6.84. The van der Waals surface area contributed by atoms with E-state index in [2.05, 4.69) is 59.7 Å². The van der Waals surface area contributed by atoms with Crippen molar-refractivity contribution in [3.05, 3.63) is 35.4 Å². The topological polar surface area (TPSA) is 17.1 Å². The minimum absolute atomic E-state index is 0.0457. The maximum absolute atomic E-state index is 13.4. The predicted molar refractivity (Wildman–Crippen MR) is 110 cm³/mol. The summed E-state index contributed by atoms with van der Waals surface area (Å²) in [7, 11) is -1.48. The molecule has 2 aliphatic carbocycles. The van der Waals surface area contributed by atoms with Crippen molar-refractivity contribution in [2.24, 2.45) is 5.41 Å². The first kappa shape index (κ1) is 18.9. The van der Waals surface area contributed by atoms with Crippen molar-refractivity contribution in [1.82, 2.24) is 0 Å². The minimum Gasteiger partial charge on any atom is -0.294 e. The van der Waals surface area contributed by atoms with Crippen LogP contribution in [-0.4, -0.2) is 13.9 Å². The van der Waals surface area contributed by atoms with E-state index in [-0.39, 0.29) is 5.41 Å². The summed E-state index contributed by atoms with van der Waals surface area (Å²) in [5.41, 5.74) is 5.44. The molecule has 2 aliphatic rings. The van der Waals surface area contributed by atoms with Crippen LogP contribution in [0, 0.1) is 5.41 Å². The molecule has 138 valence electrons. The highest BCUT2D eigenvalue weighted by atomic mass is 28.3. The Morgan fingerprint density at radius 1 is 0.960 bits per heavy atom. The fourth-order valence-corrected chi connectivity index (χ4v) is 15.4. The van der Waals surface area contributed by atoms with E-state index in [1.54, 1.807) is 0 Å². The fraction of sp³-hybridized carbons (Fsp3) is 0.696. The first-order valence-corrected chi connectivity index (χ1v) is 12.7. The van der Waals surface area contributed by atoms with E-state index in [0.29, 0.717) is 5.78 Å². The van der Waals surface area contributed by atoms with E-state index < -0.39 is 8.07 Å². The van der Waals surface area contributed by atoms with E-state index >= 15 is 0 Å². The van der Waals surface area contributed by atoms with Crippen molar-refractivity contribution in [2.45, 2.75) is 95.8 Å². The molecule has 0 bridgehead atoms. The fourth-order valence-electron chi connectivity index (χ4n) is 7.13. The molecule has 2 heteroatoms. The second-order valence-corrected chi connectivity index (χ2v) is 16.0. The number of aryl methyl sites for hydroxylation is 1. The maximum Gasteiger partial charge on any atom is 0.169 e. The van der Waals surface area contributed by atoms with Crippen molar-refractivity contribution in [3.63, 3.8) is 0 Å². The SMILES string of the molecule is CC(C)[Si](C(C)C)(C(C)C)[C@@H]1CC[C@]2(CCc3ccccc3C2=O)C1. The Kier molecular flexibility index (Phi) is 5.05. The van der Waals surface area contributed by atoms with Gasteiger partial charge in [-0.3, -0.25) is 4.79 Å². The van der Waals surface area contributed by atoms with Crippen LogP contribution in [0.4, 0.5) is 0 Å². The summed E-state index contributed by atoms with van der Waals surface area (Å²) in [4.78, 5) is 13.4. The average molecular weight is 357 g/mol. The number of hydrogen-bond donors (Lipinski definition) is 0. The van der Waals surface area contributed by atoms with Crippen LogP contribution in [0.2, 0.25) is 22.2 Å². The van der Waals surface area contributed by atoms with Gasteiger partial charge < -0.3 is 0 Å². The van der Waals surface area contributed by atoms with Crippen LogP contribution in [0.1, 0.15) is 83.1 Å². The number of hydrogen-bond acceptors (Lipinski definition) is 1. The smallest absolute Gasteiger partial charge is 0.169 e. The summed E-state index contributed by atoms with van der Waals surface area (Å²) in [5, 5.41) is 0. The number of carbonyl (C=O) groups is 1. The molecule has 0 aromatic heterocycles. The van der Waals surface area contributed by atoms with Crippen LogP contribution in [-0.2, 0) is 6.42 Å². The molecule has 1 saturated carbocycles. The Morgan fingerprint density at radius 2 is 1.56 bits per heavy atom. The van der Waals surface area contributed by atoms with Gasteiger partial charge in [-0.1, -0.05) is 88.9 Å². The molecule has 2 atom stereocenters. The van der Waals surface area contributed by atoms with Crippen LogP contribution in [0.15, 0.2) is 24.3 Å². The van der Waals surface area contributed by atoms with E-state index in [9.17, 15) is 4.79 Å². The molecule has 0 N–H and O–H groups in total. The lowest BCUT2D eigenvalue weighted by atomic mass is 9.69. The first-order chi connectivity index (χ1) is 11.8. The van der Waals surface area contributed by atoms with Crippen LogP contribution in [0.25, 0.3) is 0 Å². The predicted octanol–water partition coefficient (Wildman–Crippen LogP) is 7.03. The lowest BCUT2D eigenvalue weighted by molar-refractivity contribution is 0.0765. The normalized spacial score (nSPS) is 26.9. The van der Waals surface area contributed by atoms with Gasteiger partial charge in [0.25, 0.3) is 0 Å². The van der Waals surface area contributed by atoms with Crippen molar-refractivity contribution in [3.8, 4) is 0 Å². The molecule has 0 unspecified atom stereocenters. The molecule has 1 aromatic carbocycles. The Balaban J connectivity index is 1.94. The van der Waals surface area contributed by atoms with Crippen LogP contribution >= 0.6 is 0 Å². The van der Waals surface area contributed by atoms with Gasteiger partial charge in [0.2, 0.25) is 0 Å². The van der Waals surface area contributed by atoms with Gasteiger partial charge in [0.15, 0.2) is 5.78 Å². The van der Waals surface area contributed by atoms with Crippen molar-refractivity contribution < 1.29 is 4.79 Å². The average Bonchev–Trinajstić information content (AvgIpc) is 2.96. The molecular formula is C23H36OSi. The molecular weight excluding hydrogens is 320 g/mol. The molecule has 0 saturated heterocycles. The summed E-state index contributed by atoms with van der Waals surface area (Å²) in [6, 6.07) is 8.35. The maximum atomic E-state index is 13.4. The zero-order valence-electron chi connectivity index (χ0n) is 17.1. The highest BCUT2D eigenvalue weighted by Gasteiger charge is 2.56. The molecule has 0 amide bonds. The highest BCUT2D eigenvalue weighted by Crippen LogP contribution is 2.61. The number of rotatable bonds is 4. The third-order valence-corrected chi connectivity index (χ3v) is 15.8. The quantitative estimate of drug-likeness (QED) is 0.529. The lowest BCUT2D eigenvalue weighted by Gasteiger charge is -2.48. The molecule has 1 aromatic rings. The second kappa shape index (κ2) is 6.68. The Bertz CT molecular complexity index is 623. The van der Waals surface area contributed by atoms with Gasteiger partial charge in [-0.15, -0.1) is 0 Å². The molecule has 25 heavy (non-hydrogen) atoms. The van der Waals surface area contributed by atoms with Crippen molar-refractivity contribution in [2.75, 3.05) is 0 Å². The third-order valence-electron chi connectivity index (χ3n) is 7.93. The summed E-state index contributed by atoms with van der Waals surface area (Å²) in [5.74, 6) is 0.469. The number of Topliss-reactive ketones (excluding diaryl/α,β-unsaturated/α-hetero) is 1. The van der Waals surface area contributed by atoms with Gasteiger partial charge in [-0.2, -0.15) is 0 Å². The van der Waals surface area contributed by atoms with Crippen LogP contribution in [0.3, 0.4) is 0 Å². The van der Waals surface area contributed by atoms with Crippen molar-refractivity contribution in [1.29, 1.82) is 0 Å². The van der Waals surface area contributed by atoms with E-state index in [4.69, 9.17) is 0 Å². The third kappa shape index (κ3) is 2.76. The molecule has 1 fully saturated rings. The summed E-state index contributed by atoms with van der Waals surface area (Å²) < 4.78 is 0. The van der Waals surface area contributed by atoms with E-state index in [1.165, 1.54) is 18.4 Å². The minimum atomic E-state index is -1.48. The summed E-state index contributed by atoms with van der Waals surface area (Å²) in [6.45, 7) is 14.8. The zero-order valence-corrected chi connectivity index (χ0v) is 18.1. The second-order valence-electron chi connectivity index (χ2n) is 9.67. The molecule has 0 aliphatic heterocycles. The molecule has 1 nitrogen and oxygen atoms in total. The van der Waals surface area contributed by atoms with Gasteiger partial charge in [-0.05, 0) is 36.8 Å². The molecule has 0 heterocycles. The number of ketones is 1. The number of benzene rings is 1. The van der Waals surface area contributed by atoms with Gasteiger partial charge in [-0.25, -0.2) is 0 Å². The number of carbonyl (C=O) groups excluding carboxylic acids is 1. The molecule has 0 radical (unpaired) electrons. The lowest BCUT2D eigenvalue weighted by Crippen LogP contribution is -2.49. The van der Waals surface area contributed by atoms with Crippen LogP contribution in [0.5, 0.6) is 0 Å². The standard InChI is InChI=1S/C23H36OSi/c1-16(2)25(17(3)4,18(5)6)20-12-14-23(15-20)13-11-19-9-7-8-10-21(19)22(23)24/h7-10,16-18,20H,11-15H2,1-6H3/t20-,23-/m1/s1. The molecule has 3 rings (SSSR count). The van der Waals surface area contributed by atoms with E-state index in [0.717, 1.165) is 47.0 Å². The monoisotopic (exact) mass is 356 g/mol. The van der Waals surface area contributed by atoms with Gasteiger partial charge in [0.1, 0.15) is 0 Å². The zero-order chi connectivity index (χ0) is 18.4. The summed E-state index contributed by atoms with van der Waals surface area (Å²) in [6.07, 6.45) is 5.76. The van der Waals surface area contributed by atoms with Crippen LogP contribution < -0.4 is 0 Å². The van der Waals surface area contributed by atoms with Crippen molar-refractivity contribution >= 4 is 13.9 Å². The largest absolute Gasteiger partial charge is 0.294 e. The van der Waals surface area contributed by atoms with Gasteiger partial charge in [0.05, 0.1) is 8.07 Å². The molecule has 1 spiro atoms. The first-order valence-electron chi connectivity index (χ1n) is 10.4. The summed E-state index contributed by atoms with van der Waals surface area (Å²) >= 11 is 0. The van der Waals surface area contributed by atoms with Gasteiger partial charge >= 0.3 is 0 Å². The Labute approximate surface area is 155 Å². The Hall–Kier alpha value is -0.893. The van der Waals surface area contributed by atoms with E-state index in [1.807, 2.05) is 6.07 Å². The Morgan fingerprint density at radius 3 is 2.16 bits per heavy atom.